The van der Waals surface area contributed by atoms with Crippen LogP contribution in [-0.4, -0.2) is 49.3 Å². The van der Waals surface area contributed by atoms with Crippen LogP contribution in [0, 0.1) is 13.8 Å². The second-order valence-electron chi connectivity index (χ2n) is 6.93. The van der Waals surface area contributed by atoms with Crippen molar-refractivity contribution in [2.75, 3.05) is 36.5 Å². The zero-order valence-corrected chi connectivity index (χ0v) is 17.5. The summed E-state index contributed by atoms with van der Waals surface area (Å²) in [5, 5.41) is 2.83. The fourth-order valence-corrected chi connectivity index (χ4v) is 3.49. The molecule has 1 aliphatic heterocycles. The Balaban J connectivity index is 1.60. The first-order chi connectivity index (χ1) is 13.8. The van der Waals surface area contributed by atoms with Crippen LogP contribution in [0.25, 0.3) is 0 Å². The molecule has 1 aromatic carbocycles. The number of hydrogen-bond donors (Lipinski definition) is 1. The number of morpholine rings is 1. The van der Waals surface area contributed by atoms with E-state index in [0.717, 1.165) is 18.8 Å². The van der Waals surface area contributed by atoms with Gasteiger partial charge < -0.3 is 19.7 Å². The summed E-state index contributed by atoms with van der Waals surface area (Å²) in [6.07, 6.45) is -0.988. The lowest BCUT2D eigenvalue weighted by atomic mass is 10.1. The minimum atomic E-state index is -0.988. The van der Waals surface area contributed by atoms with Gasteiger partial charge in [-0.15, -0.1) is 0 Å². The van der Waals surface area contributed by atoms with E-state index >= 15 is 0 Å². The number of amides is 1. The summed E-state index contributed by atoms with van der Waals surface area (Å²) in [6.45, 7) is 8.15. The average molecular weight is 418 g/mol. The van der Waals surface area contributed by atoms with Gasteiger partial charge in [-0.05, 0) is 56.7 Å². The van der Waals surface area contributed by atoms with Gasteiger partial charge in [-0.2, -0.15) is 0 Å². The molecule has 0 radical (unpaired) electrons. The molecule has 0 aliphatic carbocycles. The van der Waals surface area contributed by atoms with Crippen LogP contribution in [-0.2, 0) is 14.3 Å². The Kier molecular flexibility index (Phi) is 6.71. The van der Waals surface area contributed by atoms with Gasteiger partial charge in [0.15, 0.2) is 6.10 Å². The van der Waals surface area contributed by atoms with Crippen molar-refractivity contribution in [2.24, 2.45) is 0 Å². The first kappa shape index (κ1) is 21.1. The molecule has 1 saturated heterocycles. The monoisotopic (exact) mass is 417 g/mol. The normalized spacial score (nSPS) is 15.0. The van der Waals surface area contributed by atoms with Gasteiger partial charge in [0, 0.05) is 30.2 Å². The lowest BCUT2D eigenvalue weighted by Gasteiger charge is -2.28. The number of pyridine rings is 1. The largest absolute Gasteiger partial charge is 0.449 e. The molecule has 1 aromatic heterocycles. The summed E-state index contributed by atoms with van der Waals surface area (Å²) in [7, 11) is 0. The summed E-state index contributed by atoms with van der Waals surface area (Å²) in [6, 6.07) is 9.27. The molecule has 0 spiro atoms. The molecule has 1 amide bonds. The van der Waals surface area contributed by atoms with E-state index in [1.54, 1.807) is 19.9 Å². The number of hydrogen-bond acceptors (Lipinski definition) is 6. The second-order valence-corrected chi connectivity index (χ2v) is 7.29. The van der Waals surface area contributed by atoms with Gasteiger partial charge in [0.1, 0.15) is 5.15 Å². The van der Waals surface area contributed by atoms with Gasteiger partial charge in [-0.1, -0.05) is 11.6 Å². The van der Waals surface area contributed by atoms with Crippen LogP contribution in [0.3, 0.4) is 0 Å². The fourth-order valence-electron chi connectivity index (χ4n) is 3.13. The van der Waals surface area contributed by atoms with Crippen LogP contribution in [0.4, 0.5) is 11.4 Å². The van der Waals surface area contributed by atoms with Crippen molar-refractivity contribution in [1.29, 1.82) is 0 Å². The molecular formula is C21H24ClN3O4. The molecule has 3 rings (SSSR count). The van der Waals surface area contributed by atoms with E-state index < -0.39 is 18.0 Å². The highest BCUT2D eigenvalue weighted by Crippen LogP contribution is 2.21. The third-order valence-electron chi connectivity index (χ3n) is 4.67. The highest BCUT2D eigenvalue weighted by Gasteiger charge is 2.23. The number of nitrogens with zero attached hydrogens (tertiary/aromatic N) is 2. The number of benzene rings is 1. The average Bonchev–Trinajstić information content (AvgIpc) is 2.68. The van der Waals surface area contributed by atoms with Crippen molar-refractivity contribution in [2.45, 2.75) is 26.9 Å². The summed E-state index contributed by atoms with van der Waals surface area (Å²) in [5.41, 5.74) is 3.23. The number of esters is 1. The Hall–Kier alpha value is -2.64. The molecule has 0 bridgehead atoms. The van der Waals surface area contributed by atoms with Crippen molar-refractivity contribution in [1.82, 2.24) is 4.98 Å². The number of halogens is 1. The maximum Gasteiger partial charge on any atom is 0.342 e. The quantitative estimate of drug-likeness (QED) is 0.593. The van der Waals surface area contributed by atoms with Crippen LogP contribution < -0.4 is 10.2 Å². The first-order valence-electron chi connectivity index (χ1n) is 9.43. The van der Waals surface area contributed by atoms with Crippen LogP contribution in [0.15, 0.2) is 30.3 Å². The molecule has 0 unspecified atom stereocenters. The van der Waals surface area contributed by atoms with E-state index in [0.29, 0.717) is 30.2 Å². The predicted molar refractivity (Wildman–Crippen MR) is 112 cm³/mol. The van der Waals surface area contributed by atoms with Crippen molar-refractivity contribution in [3.8, 4) is 0 Å². The molecule has 1 aliphatic rings. The van der Waals surface area contributed by atoms with Crippen LogP contribution in [0.5, 0.6) is 0 Å². The molecular weight excluding hydrogens is 394 g/mol. The predicted octanol–water partition coefficient (Wildman–Crippen LogP) is 3.37. The maximum absolute atomic E-state index is 12.4. The van der Waals surface area contributed by atoms with Crippen molar-refractivity contribution in [3.05, 3.63) is 52.3 Å². The molecule has 2 heterocycles. The SMILES string of the molecule is Cc1cc(C)c(C(=O)O[C@@H](C)C(=O)Nc2ccc(N3CCOCC3)cc2)c(Cl)n1. The standard InChI is InChI=1S/C21H24ClN3O4/c1-13-12-14(2)23-19(22)18(13)21(27)29-15(3)20(26)24-16-4-6-17(7-5-16)25-8-10-28-11-9-25/h4-7,12,15H,8-11H2,1-3H3,(H,24,26)/t15-/m0/s1. The number of carbonyl (C=O) groups is 2. The third-order valence-corrected chi connectivity index (χ3v) is 4.94. The lowest BCUT2D eigenvalue weighted by Crippen LogP contribution is -2.36. The molecule has 1 atom stereocenters. The Bertz CT molecular complexity index is 872. The van der Waals surface area contributed by atoms with Crippen LogP contribution >= 0.6 is 11.6 Å². The summed E-state index contributed by atoms with van der Waals surface area (Å²) in [5.74, 6) is -1.10. The topological polar surface area (TPSA) is 80.8 Å². The number of anilines is 2. The van der Waals surface area contributed by atoms with Gasteiger partial charge in [-0.3, -0.25) is 4.79 Å². The molecule has 1 fully saturated rings. The molecule has 2 aromatic rings. The Morgan fingerprint density at radius 1 is 1.21 bits per heavy atom. The minimum absolute atomic E-state index is 0.0683. The van der Waals surface area contributed by atoms with Gasteiger partial charge >= 0.3 is 5.97 Å². The van der Waals surface area contributed by atoms with Crippen molar-refractivity contribution >= 4 is 34.9 Å². The van der Waals surface area contributed by atoms with E-state index in [4.69, 9.17) is 21.1 Å². The molecule has 7 nitrogen and oxygen atoms in total. The van der Waals surface area contributed by atoms with Crippen molar-refractivity contribution < 1.29 is 19.1 Å². The fraction of sp³-hybridized carbons (Fsp3) is 0.381. The highest BCUT2D eigenvalue weighted by atomic mass is 35.5. The summed E-state index contributed by atoms with van der Waals surface area (Å²) in [4.78, 5) is 31.2. The Morgan fingerprint density at radius 2 is 1.86 bits per heavy atom. The first-order valence-corrected chi connectivity index (χ1v) is 9.81. The Morgan fingerprint density at radius 3 is 2.48 bits per heavy atom. The minimum Gasteiger partial charge on any atom is -0.449 e. The van der Waals surface area contributed by atoms with Crippen molar-refractivity contribution in [3.63, 3.8) is 0 Å². The number of nitrogens with one attached hydrogen (secondary N) is 1. The van der Waals surface area contributed by atoms with Gasteiger partial charge in [-0.25, -0.2) is 9.78 Å². The number of rotatable bonds is 5. The van der Waals surface area contributed by atoms with Gasteiger partial charge in [0.25, 0.3) is 5.91 Å². The second kappa shape index (κ2) is 9.24. The number of carbonyl (C=O) groups excluding carboxylic acids is 2. The van der Waals surface area contributed by atoms with E-state index in [-0.39, 0.29) is 10.7 Å². The number of aromatic nitrogens is 1. The Labute approximate surface area is 175 Å². The molecule has 8 heteroatoms. The molecule has 1 N–H and O–H groups in total. The molecule has 154 valence electrons. The summed E-state index contributed by atoms with van der Waals surface area (Å²) >= 11 is 6.08. The molecule has 29 heavy (non-hydrogen) atoms. The van der Waals surface area contributed by atoms with E-state index in [2.05, 4.69) is 15.2 Å². The van der Waals surface area contributed by atoms with E-state index in [9.17, 15) is 9.59 Å². The van der Waals surface area contributed by atoms with Gasteiger partial charge in [0.2, 0.25) is 0 Å². The lowest BCUT2D eigenvalue weighted by molar-refractivity contribution is -0.123. The smallest absolute Gasteiger partial charge is 0.342 e. The number of ether oxygens (including phenoxy) is 2. The van der Waals surface area contributed by atoms with Crippen LogP contribution in [0.2, 0.25) is 5.15 Å². The van der Waals surface area contributed by atoms with E-state index in [1.165, 1.54) is 6.92 Å². The third kappa shape index (κ3) is 5.25. The zero-order valence-electron chi connectivity index (χ0n) is 16.7. The number of aryl methyl sites for hydroxylation is 2. The maximum atomic E-state index is 12.4. The van der Waals surface area contributed by atoms with Gasteiger partial charge in [0.05, 0.1) is 18.8 Å². The zero-order chi connectivity index (χ0) is 21.0. The van der Waals surface area contributed by atoms with Crippen LogP contribution in [0.1, 0.15) is 28.5 Å². The molecule has 0 saturated carbocycles. The summed E-state index contributed by atoms with van der Waals surface area (Å²) < 4.78 is 10.6. The van der Waals surface area contributed by atoms with E-state index in [1.807, 2.05) is 24.3 Å². The highest BCUT2D eigenvalue weighted by molar-refractivity contribution is 6.32.